The van der Waals surface area contributed by atoms with Gasteiger partial charge in [-0.25, -0.2) is 4.39 Å². The summed E-state index contributed by atoms with van der Waals surface area (Å²) >= 11 is 0. The monoisotopic (exact) mass is 186 g/mol. The SMILES string of the molecule is OCC=Cc1cc(O)c(F)c(F)c1. The second kappa shape index (κ2) is 4.00. The van der Waals surface area contributed by atoms with Crippen LogP contribution in [0.4, 0.5) is 8.78 Å². The van der Waals surface area contributed by atoms with Crippen LogP contribution < -0.4 is 0 Å². The third-order valence-corrected chi connectivity index (χ3v) is 1.45. The minimum atomic E-state index is -1.26. The van der Waals surface area contributed by atoms with E-state index in [1.54, 1.807) is 0 Å². The average molecular weight is 186 g/mol. The molecule has 0 unspecified atom stereocenters. The summed E-state index contributed by atoms with van der Waals surface area (Å²) in [6.07, 6.45) is 2.73. The Morgan fingerprint density at radius 3 is 2.54 bits per heavy atom. The van der Waals surface area contributed by atoms with Crippen molar-refractivity contribution in [3.05, 3.63) is 35.4 Å². The van der Waals surface area contributed by atoms with E-state index in [4.69, 9.17) is 10.2 Å². The van der Waals surface area contributed by atoms with Gasteiger partial charge in [0, 0.05) is 0 Å². The minimum Gasteiger partial charge on any atom is -0.505 e. The zero-order chi connectivity index (χ0) is 9.84. The van der Waals surface area contributed by atoms with Crippen molar-refractivity contribution in [3.63, 3.8) is 0 Å². The van der Waals surface area contributed by atoms with Gasteiger partial charge in [-0.05, 0) is 17.7 Å². The highest BCUT2D eigenvalue weighted by molar-refractivity contribution is 5.52. The first kappa shape index (κ1) is 9.67. The van der Waals surface area contributed by atoms with Crippen LogP contribution in [0.25, 0.3) is 6.08 Å². The van der Waals surface area contributed by atoms with Crippen LogP contribution in [-0.2, 0) is 0 Å². The highest BCUT2D eigenvalue weighted by atomic mass is 19.2. The maximum Gasteiger partial charge on any atom is 0.200 e. The highest BCUT2D eigenvalue weighted by Gasteiger charge is 2.07. The van der Waals surface area contributed by atoms with Gasteiger partial charge >= 0.3 is 0 Å². The topological polar surface area (TPSA) is 40.5 Å². The molecule has 0 heterocycles. The van der Waals surface area contributed by atoms with Crippen molar-refractivity contribution in [2.75, 3.05) is 6.61 Å². The van der Waals surface area contributed by atoms with Crippen molar-refractivity contribution in [2.24, 2.45) is 0 Å². The second-order valence-electron chi connectivity index (χ2n) is 2.42. The number of halogens is 2. The summed E-state index contributed by atoms with van der Waals surface area (Å²) in [5, 5.41) is 17.3. The Hall–Kier alpha value is -1.42. The van der Waals surface area contributed by atoms with Gasteiger partial charge in [0.05, 0.1) is 6.61 Å². The van der Waals surface area contributed by atoms with Crippen molar-refractivity contribution < 1.29 is 19.0 Å². The first-order chi connectivity index (χ1) is 6.15. The zero-order valence-electron chi connectivity index (χ0n) is 6.67. The van der Waals surface area contributed by atoms with Gasteiger partial charge in [0.15, 0.2) is 17.4 Å². The van der Waals surface area contributed by atoms with Gasteiger partial charge in [-0.1, -0.05) is 12.2 Å². The lowest BCUT2D eigenvalue weighted by Crippen LogP contribution is -1.86. The quantitative estimate of drug-likeness (QED) is 0.737. The normalized spacial score (nSPS) is 11.0. The predicted octanol–water partition coefficient (Wildman–Crippen LogP) is 1.68. The molecule has 1 aromatic carbocycles. The van der Waals surface area contributed by atoms with Crippen LogP contribution in [0.2, 0.25) is 0 Å². The van der Waals surface area contributed by atoms with E-state index >= 15 is 0 Å². The molecule has 0 bridgehead atoms. The second-order valence-corrected chi connectivity index (χ2v) is 2.42. The Labute approximate surface area is 73.8 Å². The molecule has 0 fully saturated rings. The fourth-order valence-corrected chi connectivity index (χ4v) is 0.880. The van der Waals surface area contributed by atoms with Crippen LogP contribution in [0.3, 0.4) is 0 Å². The molecule has 0 saturated carbocycles. The first-order valence-electron chi connectivity index (χ1n) is 3.60. The lowest BCUT2D eigenvalue weighted by molar-refractivity contribution is 0.343. The summed E-state index contributed by atoms with van der Waals surface area (Å²) < 4.78 is 25.2. The number of benzene rings is 1. The molecule has 0 aliphatic rings. The van der Waals surface area contributed by atoms with E-state index in [2.05, 4.69) is 0 Å². The van der Waals surface area contributed by atoms with Crippen molar-refractivity contribution in [2.45, 2.75) is 0 Å². The van der Waals surface area contributed by atoms with Gasteiger partial charge in [-0.15, -0.1) is 0 Å². The molecule has 0 radical (unpaired) electrons. The maximum absolute atomic E-state index is 12.6. The number of hydrogen-bond acceptors (Lipinski definition) is 2. The Balaban J connectivity index is 3.06. The fourth-order valence-electron chi connectivity index (χ4n) is 0.880. The number of phenols is 1. The van der Waals surface area contributed by atoms with Crippen molar-refractivity contribution in [1.82, 2.24) is 0 Å². The number of aromatic hydroxyl groups is 1. The van der Waals surface area contributed by atoms with Crippen LogP contribution in [0.1, 0.15) is 5.56 Å². The summed E-state index contributed by atoms with van der Waals surface area (Å²) in [5.41, 5.74) is 0.297. The van der Waals surface area contributed by atoms with E-state index in [1.807, 2.05) is 0 Å². The first-order valence-corrected chi connectivity index (χ1v) is 3.60. The summed E-state index contributed by atoms with van der Waals surface area (Å²) in [6.45, 7) is -0.195. The third-order valence-electron chi connectivity index (χ3n) is 1.45. The van der Waals surface area contributed by atoms with Gasteiger partial charge < -0.3 is 10.2 Å². The van der Waals surface area contributed by atoms with Crippen LogP contribution in [0, 0.1) is 11.6 Å². The maximum atomic E-state index is 12.6. The van der Waals surface area contributed by atoms with Crippen molar-refractivity contribution in [1.29, 1.82) is 0 Å². The molecule has 2 N–H and O–H groups in total. The molecule has 0 aliphatic carbocycles. The van der Waals surface area contributed by atoms with Crippen molar-refractivity contribution >= 4 is 6.08 Å². The lowest BCUT2D eigenvalue weighted by atomic mass is 10.2. The standard InChI is InChI=1S/C9H8F2O2/c10-7-4-6(2-1-3-12)5-8(13)9(7)11/h1-2,4-5,12-13H,3H2. The van der Waals surface area contributed by atoms with E-state index in [0.717, 1.165) is 12.1 Å². The summed E-state index contributed by atoms with van der Waals surface area (Å²) in [5.74, 6) is -3.11. The third kappa shape index (κ3) is 2.26. The summed E-state index contributed by atoms with van der Waals surface area (Å²) in [4.78, 5) is 0. The van der Waals surface area contributed by atoms with Crippen LogP contribution >= 0.6 is 0 Å². The molecule has 0 saturated heterocycles. The molecule has 1 aromatic rings. The van der Waals surface area contributed by atoms with Crippen LogP contribution in [0.5, 0.6) is 5.75 Å². The van der Waals surface area contributed by atoms with E-state index in [-0.39, 0.29) is 6.61 Å². The smallest absolute Gasteiger partial charge is 0.200 e. The van der Waals surface area contributed by atoms with Gasteiger partial charge in [-0.3, -0.25) is 0 Å². The molecule has 0 atom stereocenters. The molecule has 2 nitrogen and oxygen atoms in total. The molecule has 0 aliphatic heterocycles. The number of hydrogen-bond donors (Lipinski definition) is 2. The molecular weight excluding hydrogens is 178 g/mol. The largest absolute Gasteiger partial charge is 0.505 e. The fraction of sp³-hybridized carbons (Fsp3) is 0.111. The van der Waals surface area contributed by atoms with Crippen LogP contribution in [0.15, 0.2) is 18.2 Å². The van der Waals surface area contributed by atoms with Crippen LogP contribution in [-0.4, -0.2) is 16.8 Å². The lowest BCUT2D eigenvalue weighted by Gasteiger charge is -1.98. The van der Waals surface area contributed by atoms with E-state index in [0.29, 0.717) is 5.56 Å². The summed E-state index contributed by atoms with van der Waals surface area (Å²) in [6, 6.07) is 2.01. The number of rotatable bonds is 2. The molecule has 70 valence electrons. The molecule has 1 rings (SSSR count). The number of phenolic OH excluding ortho intramolecular Hbond substituents is 1. The number of aliphatic hydroxyl groups is 1. The van der Waals surface area contributed by atoms with E-state index < -0.39 is 17.4 Å². The molecule has 0 aromatic heterocycles. The zero-order valence-corrected chi connectivity index (χ0v) is 6.67. The Kier molecular flexibility index (Phi) is 2.97. The molecular formula is C9H8F2O2. The Morgan fingerprint density at radius 1 is 1.31 bits per heavy atom. The van der Waals surface area contributed by atoms with Gasteiger partial charge in [-0.2, -0.15) is 4.39 Å². The van der Waals surface area contributed by atoms with Crippen molar-refractivity contribution in [3.8, 4) is 5.75 Å². The molecule has 4 heteroatoms. The summed E-state index contributed by atoms with van der Waals surface area (Å²) in [7, 11) is 0. The van der Waals surface area contributed by atoms with Gasteiger partial charge in [0.2, 0.25) is 0 Å². The molecule has 0 spiro atoms. The van der Waals surface area contributed by atoms with E-state index in [1.165, 1.54) is 12.2 Å². The molecule has 13 heavy (non-hydrogen) atoms. The predicted molar refractivity (Wildman–Crippen MR) is 44.1 cm³/mol. The highest BCUT2D eigenvalue weighted by Crippen LogP contribution is 2.21. The molecule has 0 amide bonds. The number of aliphatic hydroxyl groups excluding tert-OH is 1. The van der Waals surface area contributed by atoms with Gasteiger partial charge in [0.25, 0.3) is 0 Å². The Bertz CT molecular complexity index is 311. The average Bonchev–Trinajstić information content (AvgIpc) is 2.10. The van der Waals surface area contributed by atoms with E-state index in [9.17, 15) is 8.78 Å². The minimum absolute atomic E-state index is 0.195. The Morgan fingerprint density at radius 2 is 2.00 bits per heavy atom. The van der Waals surface area contributed by atoms with Gasteiger partial charge in [0.1, 0.15) is 0 Å².